The van der Waals surface area contributed by atoms with Gasteiger partial charge in [-0.15, -0.1) is 0 Å². The molecule has 1 aliphatic heterocycles. The Morgan fingerprint density at radius 1 is 1.35 bits per heavy atom. The van der Waals surface area contributed by atoms with Gasteiger partial charge in [-0.05, 0) is 19.1 Å². The zero-order valence-electron chi connectivity index (χ0n) is 12.1. The molecule has 0 spiro atoms. The summed E-state index contributed by atoms with van der Waals surface area (Å²) in [6.45, 7) is 9.06. The third-order valence-corrected chi connectivity index (χ3v) is 3.14. The maximum atomic E-state index is 5.34. The molecular formula is C14H24N4O2. The highest BCUT2D eigenvalue weighted by Gasteiger charge is 2.09. The van der Waals surface area contributed by atoms with Crippen LogP contribution in [0.15, 0.2) is 27.8 Å². The number of guanidine groups is 1. The predicted octanol–water partition coefficient (Wildman–Crippen LogP) is 0.667. The van der Waals surface area contributed by atoms with E-state index in [2.05, 4.69) is 27.4 Å². The Morgan fingerprint density at radius 3 is 2.90 bits per heavy atom. The maximum Gasteiger partial charge on any atom is 0.191 e. The molecule has 1 aromatic rings. The van der Waals surface area contributed by atoms with E-state index in [4.69, 9.17) is 9.15 Å². The average Bonchev–Trinajstić information content (AvgIpc) is 2.99. The number of nitrogens with zero attached hydrogens (tertiary/aromatic N) is 2. The SMILES string of the molecule is CCNC(=NCc1ccco1)NCCN1CCOCC1. The van der Waals surface area contributed by atoms with Crippen molar-refractivity contribution in [1.29, 1.82) is 0 Å². The van der Waals surface area contributed by atoms with Crippen molar-refractivity contribution in [1.82, 2.24) is 15.5 Å². The van der Waals surface area contributed by atoms with Crippen LogP contribution >= 0.6 is 0 Å². The van der Waals surface area contributed by atoms with Crippen LogP contribution in [0.5, 0.6) is 0 Å². The van der Waals surface area contributed by atoms with Gasteiger partial charge in [0.15, 0.2) is 5.96 Å². The Hall–Kier alpha value is -1.53. The Kier molecular flexibility index (Phi) is 6.40. The van der Waals surface area contributed by atoms with E-state index in [0.717, 1.165) is 57.7 Å². The minimum atomic E-state index is 0.555. The summed E-state index contributed by atoms with van der Waals surface area (Å²) in [5.41, 5.74) is 0. The van der Waals surface area contributed by atoms with E-state index < -0.39 is 0 Å². The molecule has 0 radical (unpaired) electrons. The van der Waals surface area contributed by atoms with Crippen LogP contribution < -0.4 is 10.6 Å². The summed E-state index contributed by atoms with van der Waals surface area (Å²) in [4.78, 5) is 6.89. The van der Waals surface area contributed by atoms with Gasteiger partial charge < -0.3 is 19.8 Å². The van der Waals surface area contributed by atoms with Crippen LogP contribution in [0.4, 0.5) is 0 Å². The van der Waals surface area contributed by atoms with E-state index in [9.17, 15) is 0 Å². The molecule has 6 heteroatoms. The molecule has 0 aliphatic carbocycles. The molecule has 1 aromatic heterocycles. The van der Waals surface area contributed by atoms with Gasteiger partial charge in [-0.3, -0.25) is 4.90 Å². The van der Waals surface area contributed by atoms with Crippen LogP contribution in [-0.4, -0.2) is 56.8 Å². The highest BCUT2D eigenvalue weighted by molar-refractivity contribution is 5.79. The van der Waals surface area contributed by atoms with E-state index >= 15 is 0 Å². The smallest absolute Gasteiger partial charge is 0.191 e. The number of morpholine rings is 1. The van der Waals surface area contributed by atoms with Gasteiger partial charge in [0.25, 0.3) is 0 Å². The van der Waals surface area contributed by atoms with Crippen LogP contribution in [-0.2, 0) is 11.3 Å². The van der Waals surface area contributed by atoms with Gasteiger partial charge in [0.05, 0.1) is 19.5 Å². The third kappa shape index (κ3) is 5.22. The van der Waals surface area contributed by atoms with Gasteiger partial charge in [-0.2, -0.15) is 0 Å². The van der Waals surface area contributed by atoms with E-state index in [1.165, 1.54) is 0 Å². The van der Waals surface area contributed by atoms with E-state index in [0.29, 0.717) is 6.54 Å². The maximum absolute atomic E-state index is 5.34. The predicted molar refractivity (Wildman–Crippen MR) is 78.8 cm³/mol. The largest absolute Gasteiger partial charge is 0.467 e. The average molecular weight is 280 g/mol. The van der Waals surface area contributed by atoms with Crippen LogP contribution in [0.2, 0.25) is 0 Å². The molecular weight excluding hydrogens is 256 g/mol. The van der Waals surface area contributed by atoms with Gasteiger partial charge in [0.1, 0.15) is 12.3 Å². The van der Waals surface area contributed by atoms with E-state index in [1.54, 1.807) is 6.26 Å². The minimum absolute atomic E-state index is 0.555. The third-order valence-electron chi connectivity index (χ3n) is 3.14. The first-order valence-corrected chi connectivity index (χ1v) is 7.23. The molecule has 2 rings (SSSR count). The number of furan rings is 1. The second-order valence-electron chi connectivity index (χ2n) is 4.66. The lowest BCUT2D eigenvalue weighted by Crippen LogP contribution is -2.44. The lowest BCUT2D eigenvalue weighted by atomic mass is 10.4. The lowest BCUT2D eigenvalue weighted by Gasteiger charge is -2.26. The molecule has 112 valence electrons. The van der Waals surface area contributed by atoms with Crippen LogP contribution in [0, 0.1) is 0 Å². The molecule has 0 atom stereocenters. The fourth-order valence-electron chi connectivity index (χ4n) is 2.06. The summed E-state index contributed by atoms with van der Waals surface area (Å²) >= 11 is 0. The normalized spacial score (nSPS) is 17.1. The molecule has 0 bridgehead atoms. The number of hydrogen-bond donors (Lipinski definition) is 2. The Morgan fingerprint density at radius 2 is 2.20 bits per heavy atom. The molecule has 2 N–H and O–H groups in total. The Balaban J connectivity index is 1.72. The molecule has 0 unspecified atom stereocenters. The van der Waals surface area contributed by atoms with Crippen molar-refractivity contribution in [2.45, 2.75) is 13.5 Å². The number of aliphatic imine (C=N–C) groups is 1. The van der Waals surface area contributed by atoms with Crippen molar-refractivity contribution in [2.75, 3.05) is 45.9 Å². The summed E-state index contributed by atoms with van der Waals surface area (Å²) < 4.78 is 10.6. The van der Waals surface area contributed by atoms with E-state index in [-0.39, 0.29) is 0 Å². The first kappa shape index (κ1) is 14.9. The summed E-state index contributed by atoms with van der Waals surface area (Å²) in [6.07, 6.45) is 1.67. The monoisotopic (exact) mass is 280 g/mol. The van der Waals surface area contributed by atoms with E-state index in [1.807, 2.05) is 12.1 Å². The first-order chi connectivity index (χ1) is 9.88. The molecule has 0 saturated carbocycles. The number of nitrogens with one attached hydrogen (secondary N) is 2. The van der Waals surface area contributed by atoms with Gasteiger partial charge in [-0.1, -0.05) is 0 Å². The zero-order valence-corrected chi connectivity index (χ0v) is 12.1. The topological polar surface area (TPSA) is 62.0 Å². The van der Waals surface area contributed by atoms with Gasteiger partial charge in [0, 0.05) is 32.7 Å². The summed E-state index contributed by atoms with van der Waals surface area (Å²) in [6, 6.07) is 3.81. The molecule has 0 amide bonds. The Labute approximate surface area is 120 Å². The molecule has 1 fully saturated rings. The summed E-state index contributed by atoms with van der Waals surface area (Å²) in [7, 11) is 0. The highest BCUT2D eigenvalue weighted by Crippen LogP contribution is 2.01. The van der Waals surface area contributed by atoms with Crippen molar-refractivity contribution in [3.05, 3.63) is 24.2 Å². The second kappa shape index (κ2) is 8.60. The molecule has 1 saturated heterocycles. The number of ether oxygens (including phenoxy) is 1. The molecule has 20 heavy (non-hydrogen) atoms. The standard InChI is InChI=1S/C14H24N4O2/c1-2-15-14(17-12-13-4-3-9-20-13)16-5-6-18-7-10-19-11-8-18/h3-4,9H,2,5-8,10-12H2,1H3,(H2,15,16,17). The van der Waals surface area contributed by atoms with Gasteiger partial charge >= 0.3 is 0 Å². The van der Waals surface area contributed by atoms with Crippen LogP contribution in [0.1, 0.15) is 12.7 Å². The second-order valence-corrected chi connectivity index (χ2v) is 4.66. The molecule has 0 aromatic carbocycles. The highest BCUT2D eigenvalue weighted by atomic mass is 16.5. The molecule has 1 aliphatic rings. The quantitative estimate of drug-likeness (QED) is 0.592. The van der Waals surface area contributed by atoms with Crippen molar-refractivity contribution in [3.8, 4) is 0 Å². The fraction of sp³-hybridized carbons (Fsp3) is 0.643. The molecule has 6 nitrogen and oxygen atoms in total. The first-order valence-electron chi connectivity index (χ1n) is 7.23. The van der Waals surface area contributed by atoms with Crippen LogP contribution in [0.25, 0.3) is 0 Å². The lowest BCUT2D eigenvalue weighted by molar-refractivity contribution is 0.0389. The van der Waals surface area contributed by atoms with Crippen molar-refractivity contribution < 1.29 is 9.15 Å². The number of hydrogen-bond acceptors (Lipinski definition) is 4. The molecule has 2 heterocycles. The Bertz CT molecular complexity index is 386. The van der Waals surface area contributed by atoms with Crippen molar-refractivity contribution >= 4 is 5.96 Å². The van der Waals surface area contributed by atoms with Crippen LogP contribution in [0.3, 0.4) is 0 Å². The van der Waals surface area contributed by atoms with Gasteiger partial charge in [-0.25, -0.2) is 4.99 Å². The van der Waals surface area contributed by atoms with Crippen molar-refractivity contribution in [3.63, 3.8) is 0 Å². The summed E-state index contributed by atoms with van der Waals surface area (Å²) in [5.74, 6) is 1.70. The van der Waals surface area contributed by atoms with Gasteiger partial charge in [0.2, 0.25) is 0 Å². The number of rotatable bonds is 6. The zero-order chi connectivity index (χ0) is 14.0. The minimum Gasteiger partial charge on any atom is -0.467 e. The summed E-state index contributed by atoms with van der Waals surface area (Å²) in [5, 5.41) is 6.58. The fourth-order valence-corrected chi connectivity index (χ4v) is 2.06. The van der Waals surface area contributed by atoms with Crippen molar-refractivity contribution in [2.24, 2.45) is 4.99 Å².